The number of pyridine rings is 1. The lowest BCUT2D eigenvalue weighted by atomic mass is 9.91. The van der Waals surface area contributed by atoms with Gasteiger partial charge in [-0.1, -0.05) is 6.92 Å². The van der Waals surface area contributed by atoms with Gasteiger partial charge in [0.05, 0.1) is 5.69 Å². The molecule has 1 N–H and O–H groups in total. The molecule has 1 aliphatic carbocycles. The van der Waals surface area contributed by atoms with Crippen LogP contribution >= 0.6 is 15.9 Å². The minimum Gasteiger partial charge on any atom is -0.311 e. The number of nitrogens with one attached hydrogen (secondary N) is 1. The molecule has 0 bridgehead atoms. The highest BCUT2D eigenvalue weighted by molar-refractivity contribution is 9.10. The maximum atomic E-state index is 4.55. The molecule has 0 spiro atoms. The van der Waals surface area contributed by atoms with Crippen molar-refractivity contribution in [2.45, 2.75) is 51.2 Å². The standard InChI is InChI=1S/C16H24BrN3/c1-3-16(2)11-19-15(12-4-5-12)10-20(16)9-14-7-6-13(17)8-18-14/h6-8,12,15,19H,3-5,9-11H2,1-2H3. The molecule has 2 unspecified atom stereocenters. The van der Waals surface area contributed by atoms with Gasteiger partial charge in [0.2, 0.25) is 0 Å². The van der Waals surface area contributed by atoms with E-state index in [0.29, 0.717) is 6.04 Å². The number of piperazine rings is 1. The molecule has 4 heteroatoms. The maximum absolute atomic E-state index is 4.55. The van der Waals surface area contributed by atoms with Crippen LogP contribution in [0.25, 0.3) is 0 Å². The first-order chi connectivity index (χ1) is 9.60. The fraction of sp³-hybridized carbons (Fsp3) is 0.688. The molecule has 3 nitrogen and oxygen atoms in total. The Morgan fingerprint density at radius 1 is 1.45 bits per heavy atom. The topological polar surface area (TPSA) is 28.2 Å². The molecule has 110 valence electrons. The molecule has 2 fully saturated rings. The largest absolute Gasteiger partial charge is 0.311 e. The van der Waals surface area contributed by atoms with E-state index in [0.717, 1.165) is 30.0 Å². The van der Waals surface area contributed by atoms with Crippen LogP contribution in [0.1, 0.15) is 38.8 Å². The predicted molar refractivity (Wildman–Crippen MR) is 85.6 cm³/mol. The number of hydrogen-bond acceptors (Lipinski definition) is 3. The second-order valence-corrected chi connectivity index (χ2v) is 7.44. The van der Waals surface area contributed by atoms with Crippen molar-refractivity contribution in [2.75, 3.05) is 13.1 Å². The lowest BCUT2D eigenvalue weighted by Crippen LogP contribution is -2.63. The Hall–Kier alpha value is -0.450. The Labute approximate surface area is 130 Å². The SMILES string of the molecule is CCC1(C)CNC(C2CC2)CN1Cc1ccc(Br)cn1. The number of aromatic nitrogens is 1. The number of halogens is 1. The van der Waals surface area contributed by atoms with E-state index in [1.54, 1.807) is 0 Å². The monoisotopic (exact) mass is 337 g/mol. The van der Waals surface area contributed by atoms with E-state index in [-0.39, 0.29) is 5.54 Å². The minimum absolute atomic E-state index is 0.250. The van der Waals surface area contributed by atoms with Gasteiger partial charge in [0.15, 0.2) is 0 Å². The van der Waals surface area contributed by atoms with Gasteiger partial charge in [0.1, 0.15) is 0 Å². The summed E-state index contributed by atoms with van der Waals surface area (Å²) >= 11 is 3.46. The van der Waals surface area contributed by atoms with Crippen molar-refractivity contribution in [3.8, 4) is 0 Å². The van der Waals surface area contributed by atoms with E-state index < -0.39 is 0 Å². The fourth-order valence-corrected chi connectivity index (χ4v) is 3.33. The third-order valence-electron chi connectivity index (χ3n) is 5.02. The van der Waals surface area contributed by atoms with E-state index >= 15 is 0 Å². The summed E-state index contributed by atoms with van der Waals surface area (Å²) in [6, 6.07) is 4.91. The van der Waals surface area contributed by atoms with Gasteiger partial charge in [-0.2, -0.15) is 0 Å². The van der Waals surface area contributed by atoms with Crippen molar-refractivity contribution in [2.24, 2.45) is 5.92 Å². The Bertz CT molecular complexity index is 457. The molecule has 1 saturated heterocycles. The molecular weight excluding hydrogens is 314 g/mol. The molecular formula is C16H24BrN3. The highest BCUT2D eigenvalue weighted by atomic mass is 79.9. The molecule has 1 aromatic heterocycles. The summed E-state index contributed by atoms with van der Waals surface area (Å²) in [5.74, 6) is 0.914. The first-order valence-corrected chi connectivity index (χ1v) is 8.49. The summed E-state index contributed by atoms with van der Waals surface area (Å²) in [6.45, 7) is 7.89. The van der Waals surface area contributed by atoms with Crippen LogP contribution in [0, 0.1) is 5.92 Å². The normalized spacial score (nSPS) is 31.4. The fourth-order valence-electron chi connectivity index (χ4n) is 3.10. The Morgan fingerprint density at radius 2 is 2.25 bits per heavy atom. The molecule has 1 aromatic rings. The van der Waals surface area contributed by atoms with Crippen LogP contribution in [-0.4, -0.2) is 34.6 Å². The zero-order valence-electron chi connectivity index (χ0n) is 12.4. The first kappa shape index (κ1) is 14.5. The van der Waals surface area contributed by atoms with Crippen LogP contribution in [0.5, 0.6) is 0 Å². The lowest BCUT2D eigenvalue weighted by molar-refractivity contribution is 0.0359. The quantitative estimate of drug-likeness (QED) is 0.914. The Kier molecular flexibility index (Phi) is 4.16. The summed E-state index contributed by atoms with van der Waals surface area (Å²) in [7, 11) is 0. The average molecular weight is 338 g/mol. The van der Waals surface area contributed by atoms with Gasteiger partial charge in [-0.25, -0.2) is 0 Å². The molecule has 1 saturated carbocycles. The van der Waals surface area contributed by atoms with E-state index in [1.807, 2.05) is 6.20 Å². The number of nitrogens with zero attached hydrogens (tertiary/aromatic N) is 2. The van der Waals surface area contributed by atoms with Crippen LogP contribution < -0.4 is 5.32 Å². The maximum Gasteiger partial charge on any atom is 0.0545 e. The smallest absolute Gasteiger partial charge is 0.0545 e. The molecule has 2 atom stereocenters. The second-order valence-electron chi connectivity index (χ2n) is 6.52. The van der Waals surface area contributed by atoms with E-state index in [1.165, 1.54) is 25.0 Å². The van der Waals surface area contributed by atoms with Crippen molar-refractivity contribution in [1.29, 1.82) is 0 Å². The van der Waals surface area contributed by atoms with Crippen molar-refractivity contribution >= 4 is 15.9 Å². The van der Waals surface area contributed by atoms with Gasteiger partial charge in [-0.3, -0.25) is 9.88 Å². The van der Waals surface area contributed by atoms with Crippen molar-refractivity contribution in [1.82, 2.24) is 15.2 Å². The minimum atomic E-state index is 0.250. The Balaban J connectivity index is 1.73. The molecule has 1 aliphatic heterocycles. The average Bonchev–Trinajstić information content (AvgIpc) is 3.28. The van der Waals surface area contributed by atoms with E-state index in [4.69, 9.17) is 0 Å². The van der Waals surface area contributed by atoms with Gasteiger partial charge < -0.3 is 5.32 Å². The summed E-state index contributed by atoms with van der Waals surface area (Å²) < 4.78 is 1.05. The highest BCUT2D eigenvalue weighted by Gasteiger charge is 2.41. The molecule has 2 aliphatic rings. The van der Waals surface area contributed by atoms with Gasteiger partial charge in [-0.05, 0) is 60.2 Å². The summed E-state index contributed by atoms with van der Waals surface area (Å²) in [5, 5.41) is 3.78. The number of hydrogen-bond donors (Lipinski definition) is 1. The summed E-state index contributed by atoms with van der Waals surface area (Å²) in [4.78, 5) is 7.19. The second kappa shape index (κ2) is 5.74. The summed E-state index contributed by atoms with van der Waals surface area (Å²) in [5.41, 5.74) is 1.42. The van der Waals surface area contributed by atoms with Crippen LogP contribution in [0.3, 0.4) is 0 Å². The number of rotatable bonds is 4. The molecule has 0 amide bonds. The first-order valence-electron chi connectivity index (χ1n) is 7.69. The predicted octanol–water partition coefficient (Wildman–Crippen LogP) is 3.20. The Morgan fingerprint density at radius 3 is 2.85 bits per heavy atom. The van der Waals surface area contributed by atoms with Gasteiger partial charge >= 0.3 is 0 Å². The van der Waals surface area contributed by atoms with Crippen molar-refractivity contribution in [3.63, 3.8) is 0 Å². The zero-order valence-corrected chi connectivity index (χ0v) is 14.0. The molecule has 20 heavy (non-hydrogen) atoms. The van der Waals surface area contributed by atoms with Gasteiger partial charge in [-0.15, -0.1) is 0 Å². The van der Waals surface area contributed by atoms with Crippen LogP contribution in [0.15, 0.2) is 22.8 Å². The third kappa shape index (κ3) is 3.07. The third-order valence-corrected chi connectivity index (χ3v) is 5.49. The molecule has 3 rings (SSSR count). The van der Waals surface area contributed by atoms with Crippen LogP contribution in [0.4, 0.5) is 0 Å². The van der Waals surface area contributed by atoms with Crippen LogP contribution in [-0.2, 0) is 6.54 Å². The van der Waals surface area contributed by atoms with Crippen LogP contribution in [0.2, 0.25) is 0 Å². The highest BCUT2D eigenvalue weighted by Crippen LogP contribution is 2.36. The van der Waals surface area contributed by atoms with E-state index in [2.05, 4.69) is 57.1 Å². The van der Waals surface area contributed by atoms with Crippen molar-refractivity contribution in [3.05, 3.63) is 28.5 Å². The summed E-state index contributed by atoms with van der Waals surface area (Å²) in [6.07, 6.45) is 5.89. The van der Waals surface area contributed by atoms with E-state index in [9.17, 15) is 0 Å². The zero-order chi connectivity index (χ0) is 14.2. The van der Waals surface area contributed by atoms with Gasteiger partial charge in [0.25, 0.3) is 0 Å². The molecule has 0 aromatic carbocycles. The molecule has 0 radical (unpaired) electrons. The molecule has 2 heterocycles. The van der Waals surface area contributed by atoms with Crippen molar-refractivity contribution < 1.29 is 0 Å². The van der Waals surface area contributed by atoms with Gasteiger partial charge in [0, 0.05) is 41.9 Å². The lowest BCUT2D eigenvalue weighted by Gasteiger charge is -2.48.